The van der Waals surface area contributed by atoms with Crippen LogP contribution in [-0.2, 0) is 29.6 Å². The third kappa shape index (κ3) is 6.38. The van der Waals surface area contributed by atoms with E-state index in [2.05, 4.69) is 5.32 Å². The molecule has 0 saturated carbocycles. The summed E-state index contributed by atoms with van der Waals surface area (Å²) in [5.41, 5.74) is 2.16. The number of nitrogens with zero attached hydrogens (tertiary/aromatic N) is 2. The van der Waals surface area contributed by atoms with Crippen molar-refractivity contribution in [3.8, 4) is 11.5 Å². The van der Waals surface area contributed by atoms with Gasteiger partial charge in [-0.2, -0.15) is 4.31 Å². The second kappa shape index (κ2) is 12.3. The van der Waals surface area contributed by atoms with Gasteiger partial charge in [-0.05, 0) is 67.9 Å². The lowest BCUT2D eigenvalue weighted by atomic mass is 10.1. The van der Waals surface area contributed by atoms with E-state index >= 15 is 0 Å². The summed E-state index contributed by atoms with van der Waals surface area (Å²) in [6.45, 7) is 5.12. The third-order valence-electron chi connectivity index (χ3n) is 6.99. The number of aryl methyl sites for hydroxylation is 2. The van der Waals surface area contributed by atoms with Crippen LogP contribution in [0.5, 0.6) is 11.5 Å². The van der Waals surface area contributed by atoms with E-state index in [9.17, 15) is 21.6 Å². The Morgan fingerprint density at radius 3 is 2.19 bits per heavy atom. The molecule has 3 aromatic carbocycles. The van der Waals surface area contributed by atoms with Crippen LogP contribution in [-0.4, -0.2) is 79.2 Å². The molecule has 1 amide bonds. The van der Waals surface area contributed by atoms with Crippen molar-refractivity contribution in [1.29, 1.82) is 0 Å². The number of carbonyl (C=O) groups is 1. The first kappa shape index (κ1) is 29.8. The van der Waals surface area contributed by atoms with Crippen LogP contribution in [0.2, 0.25) is 0 Å². The van der Waals surface area contributed by atoms with E-state index in [1.807, 2.05) is 13.8 Å². The third-order valence-corrected chi connectivity index (χ3v) is 10.7. The summed E-state index contributed by atoms with van der Waals surface area (Å²) in [6.07, 6.45) is -1.08. The van der Waals surface area contributed by atoms with Crippen molar-refractivity contribution >= 4 is 31.6 Å². The smallest absolute Gasteiger partial charge is 0.264 e. The number of morpholine rings is 1. The summed E-state index contributed by atoms with van der Waals surface area (Å²) in [7, 11) is -7.57. The molecule has 0 aliphatic carbocycles. The molecular formula is C29H33N3O8S2. The molecule has 0 radical (unpaired) electrons. The van der Waals surface area contributed by atoms with E-state index < -0.39 is 32.1 Å². The van der Waals surface area contributed by atoms with E-state index in [0.29, 0.717) is 43.5 Å². The van der Waals surface area contributed by atoms with Crippen LogP contribution in [0.25, 0.3) is 0 Å². The Kier molecular flexibility index (Phi) is 8.73. The van der Waals surface area contributed by atoms with Gasteiger partial charge in [0.2, 0.25) is 10.0 Å². The van der Waals surface area contributed by atoms with Crippen LogP contribution in [0.4, 0.5) is 5.69 Å². The molecule has 1 fully saturated rings. The van der Waals surface area contributed by atoms with E-state index in [-0.39, 0.29) is 29.5 Å². The minimum Gasteiger partial charge on any atom is -0.492 e. The van der Waals surface area contributed by atoms with Gasteiger partial charge < -0.3 is 19.5 Å². The molecular weight excluding hydrogens is 582 g/mol. The van der Waals surface area contributed by atoms with E-state index in [1.165, 1.54) is 20.7 Å². The van der Waals surface area contributed by atoms with Gasteiger partial charge >= 0.3 is 0 Å². The highest BCUT2D eigenvalue weighted by Gasteiger charge is 2.37. The average Bonchev–Trinajstić information content (AvgIpc) is 2.99. The quantitative estimate of drug-likeness (QED) is 0.364. The zero-order valence-corrected chi connectivity index (χ0v) is 25.0. The van der Waals surface area contributed by atoms with Gasteiger partial charge in [0.05, 0.1) is 41.8 Å². The standard InChI is InChI=1S/C29H33N3O8S2/c1-21-3-8-25(9-4-21)42(36,37)32-20-28(40-27-12-5-22(2)19-26(27)32)29(33)30-13-16-39-23-6-10-24(11-7-23)41(34,35)31-14-17-38-18-15-31/h3-12,19,28H,13-18,20H2,1-2H3,(H,30,33)/t28-/m0/s1. The number of nitrogens with one attached hydrogen (secondary N) is 1. The summed E-state index contributed by atoms with van der Waals surface area (Å²) < 4.78 is 72.2. The maximum Gasteiger partial charge on any atom is 0.264 e. The molecule has 0 aromatic heterocycles. The van der Waals surface area contributed by atoms with Gasteiger partial charge in [0.1, 0.15) is 18.1 Å². The lowest BCUT2D eigenvalue weighted by molar-refractivity contribution is -0.127. The number of sulfonamides is 2. The van der Waals surface area contributed by atoms with E-state index in [4.69, 9.17) is 14.2 Å². The molecule has 5 rings (SSSR count). The summed E-state index contributed by atoms with van der Waals surface area (Å²) in [5.74, 6) is 0.255. The van der Waals surface area contributed by atoms with Crippen molar-refractivity contribution in [2.24, 2.45) is 0 Å². The first-order chi connectivity index (χ1) is 20.1. The number of carbonyl (C=O) groups excluding carboxylic acids is 1. The molecule has 1 atom stereocenters. The molecule has 2 aliphatic heterocycles. The van der Waals surface area contributed by atoms with Gasteiger partial charge in [-0.25, -0.2) is 16.8 Å². The number of benzene rings is 3. The van der Waals surface area contributed by atoms with Crippen LogP contribution >= 0.6 is 0 Å². The molecule has 42 heavy (non-hydrogen) atoms. The molecule has 2 heterocycles. The predicted octanol–water partition coefficient (Wildman–Crippen LogP) is 2.48. The Morgan fingerprint density at radius 1 is 0.881 bits per heavy atom. The summed E-state index contributed by atoms with van der Waals surface area (Å²) in [5, 5.41) is 2.74. The zero-order chi connectivity index (χ0) is 29.9. The minimum atomic E-state index is -3.96. The van der Waals surface area contributed by atoms with Crippen molar-refractivity contribution in [2.45, 2.75) is 29.7 Å². The summed E-state index contributed by atoms with van der Waals surface area (Å²) >= 11 is 0. The first-order valence-electron chi connectivity index (χ1n) is 13.5. The predicted molar refractivity (Wildman–Crippen MR) is 156 cm³/mol. The number of amides is 1. The van der Waals surface area contributed by atoms with Crippen LogP contribution in [0.1, 0.15) is 11.1 Å². The number of hydrogen-bond acceptors (Lipinski definition) is 8. The lowest BCUT2D eigenvalue weighted by Crippen LogP contribution is -2.51. The fourth-order valence-electron chi connectivity index (χ4n) is 4.66. The Morgan fingerprint density at radius 2 is 1.50 bits per heavy atom. The molecule has 0 spiro atoms. The van der Waals surface area contributed by atoms with Crippen LogP contribution in [0.3, 0.4) is 0 Å². The second-order valence-electron chi connectivity index (χ2n) is 10.1. The fraction of sp³-hybridized carbons (Fsp3) is 0.345. The molecule has 1 saturated heterocycles. The molecule has 13 heteroatoms. The van der Waals surface area contributed by atoms with Gasteiger partial charge in [-0.3, -0.25) is 9.10 Å². The molecule has 224 valence electrons. The molecule has 3 aromatic rings. The van der Waals surface area contributed by atoms with Crippen molar-refractivity contribution in [1.82, 2.24) is 9.62 Å². The molecule has 0 unspecified atom stereocenters. The number of ether oxygens (including phenoxy) is 3. The topological polar surface area (TPSA) is 132 Å². The average molecular weight is 616 g/mol. The first-order valence-corrected chi connectivity index (χ1v) is 16.4. The second-order valence-corrected chi connectivity index (χ2v) is 13.9. The molecule has 0 bridgehead atoms. The highest BCUT2D eigenvalue weighted by Crippen LogP contribution is 2.37. The van der Waals surface area contributed by atoms with Crippen LogP contribution < -0.4 is 19.1 Å². The summed E-state index contributed by atoms with van der Waals surface area (Å²) in [4.78, 5) is 13.3. The minimum absolute atomic E-state index is 0.106. The van der Waals surface area contributed by atoms with Gasteiger partial charge in [-0.1, -0.05) is 23.8 Å². The number of anilines is 1. The van der Waals surface area contributed by atoms with Gasteiger partial charge in [0.15, 0.2) is 6.10 Å². The normalized spacial score (nSPS) is 17.7. The van der Waals surface area contributed by atoms with Crippen LogP contribution in [0, 0.1) is 13.8 Å². The van der Waals surface area contributed by atoms with Gasteiger partial charge in [0.25, 0.3) is 15.9 Å². The van der Waals surface area contributed by atoms with Crippen molar-refractivity contribution < 1.29 is 35.8 Å². The van der Waals surface area contributed by atoms with Crippen molar-refractivity contribution in [3.63, 3.8) is 0 Å². The van der Waals surface area contributed by atoms with Gasteiger partial charge in [-0.15, -0.1) is 0 Å². The number of fused-ring (bicyclic) bond motifs is 1. The van der Waals surface area contributed by atoms with Crippen LogP contribution in [0.15, 0.2) is 76.5 Å². The van der Waals surface area contributed by atoms with Crippen molar-refractivity contribution in [2.75, 3.05) is 50.3 Å². The SMILES string of the molecule is Cc1ccc(S(=O)(=O)N2C[C@@H](C(=O)NCCOc3ccc(S(=O)(=O)N4CCOCC4)cc3)Oc3ccc(C)cc32)cc1. The Labute approximate surface area is 246 Å². The van der Waals surface area contributed by atoms with Crippen molar-refractivity contribution in [3.05, 3.63) is 77.9 Å². The maximum absolute atomic E-state index is 13.6. The Balaban J connectivity index is 1.20. The summed E-state index contributed by atoms with van der Waals surface area (Å²) in [6, 6.07) is 17.8. The Hall–Kier alpha value is -3.65. The molecule has 2 aliphatic rings. The highest BCUT2D eigenvalue weighted by molar-refractivity contribution is 7.92. The zero-order valence-electron chi connectivity index (χ0n) is 23.4. The fourth-order valence-corrected chi connectivity index (χ4v) is 7.54. The number of rotatable bonds is 9. The van der Waals surface area contributed by atoms with E-state index in [1.54, 1.807) is 54.6 Å². The molecule has 11 nitrogen and oxygen atoms in total. The molecule has 1 N–H and O–H groups in total. The highest BCUT2D eigenvalue weighted by atomic mass is 32.2. The largest absolute Gasteiger partial charge is 0.492 e. The van der Waals surface area contributed by atoms with Gasteiger partial charge in [0, 0.05) is 13.1 Å². The maximum atomic E-state index is 13.6. The van der Waals surface area contributed by atoms with E-state index in [0.717, 1.165) is 11.1 Å². The lowest BCUT2D eigenvalue weighted by Gasteiger charge is -2.35. The number of hydrogen-bond donors (Lipinski definition) is 1. The Bertz CT molecular complexity index is 1640. The monoisotopic (exact) mass is 615 g/mol.